The first kappa shape index (κ1) is 21.2. The maximum atomic E-state index is 14.1. The molecular formula is C30H29NO3. The van der Waals surface area contributed by atoms with E-state index in [4.69, 9.17) is 4.74 Å². The summed E-state index contributed by atoms with van der Waals surface area (Å²) in [6.07, 6.45) is 2.84. The van der Waals surface area contributed by atoms with Crippen LogP contribution in [0.5, 0.6) is 5.75 Å². The van der Waals surface area contributed by atoms with Crippen LogP contribution in [0.3, 0.4) is 0 Å². The van der Waals surface area contributed by atoms with Crippen LogP contribution in [0.1, 0.15) is 61.3 Å². The topological polar surface area (TPSA) is 46.6 Å². The van der Waals surface area contributed by atoms with Crippen LogP contribution < -0.4 is 9.64 Å². The number of imide groups is 1. The van der Waals surface area contributed by atoms with Gasteiger partial charge in [0.1, 0.15) is 5.75 Å². The Labute approximate surface area is 200 Å². The van der Waals surface area contributed by atoms with Crippen molar-refractivity contribution in [1.82, 2.24) is 0 Å². The van der Waals surface area contributed by atoms with Crippen molar-refractivity contribution in [2.45, 2.75) is 44.4 Å². The Morgan fingerprint density at radius 3 is 2.03 bits per heavy atom. The molecule has 3 aromatic rings. The number of benzene rings is 3. The zero-order chi connectivity index (χ0) is 23.4. The van der Waals surface area contributed by atoms with E-state index in [1.165, 1.54) is 27.2 Å². The second-order valence-electron chi connectivity index (χ2n) is 9.69. The molecule has 7 rings (SSSR count). The van der Waals surface area contributed by atoms with E-state index < -0.39 is 5.41 Å². The van der Waals surface area contributed by atoms with Crippen molar-refractivity contribution in [2.75, 3.05) is 11.5 Å². The highest BCUT2D eigenvalue weighted by Gasteiger charge is 2.67. The van der Waals surface area contributed by atoms with Gasteiger partial charge in [-0.1, -0.05) is 68.8 Å². The molecule has 2 amide bonds. The molecule has 34 heavy (non-hydrogen) atoms. The molecule has 1 aliphatic heterocycles. The molecule has 0 spiro atoms. The lowest BCUT2D eigenvalue weighted by molar-refractivity contribution is -0.123. The molecule has 1 saturated heterocycles. The number of nitrogens with zero attached hydrogens (tertiary/aromatic N) is 1. The van der Waals surface area contributed by atoms with E-state index in [2.05, 4.69) is 62.4 Å². The first-order valence-corrected chi connectivity index (χ1v) is 12.4. The highest BCUT2D eigenvalue weighted by molar-refractivity contribution is 6.23. The molecule has 4 heteroatoms. The van der Waals surface area contributed by atoms with Crippen molar-refractivity contribution in [2.24, 2.45) is 11.8 Å². The average molecular weight is 452 g/mol. The Balaban J connectivity index is 1.46. The van der Waals surface area contributed by atoms with Crippen molar-refractivity contribution in [1.29, 1.82) is 0 Å². The first-order valence-electron chi connectivity index (χ1n) is 12.4. The number of unbranched alkanes of at least 4 members (excludes halogenated alkanes) is 1. The zero-order valence-electron chi connectivity index (χ0n) is 19.7. The Morgan fingerprint density at radius 1 is 0.824 bits per heavy atom. The van der Waals surface area contributed by atoms with Gasteiger partial charge in [-0.05, 0) is 59.4 Å². The Morgan fingerprint density at radius 2 is 1.44 bits per heavy atom. The standard InChI is InChI=1S/C30H29NO3/c1-3-5-18-34-20-16-14-19(15-17-20)31-28(32)26-25-21-10-6-8-12-23(21)30(4-2,27(26)29(31)33)24-13-9-7-11-22(24)25/h6-17,25-27H,3-5,18H2,1-2H3/t25?,26-,27+,30?/m0/s1. The summed E-state index contributed by atoms with van der Waals surface area (Å²) in [6.45, 7) is 4.95. The van der Waals surface area contributed by atoms with Crippen molar-refractivity contribution in [3.8, 4) is 5.75 Å². The third-order valence-corrected chi connectivity index (χ3v) is 8.21. The van der Waals surface area contributed by atoms with Crippen molar-refractivity contribution in [3.63, 3.8) is 0 Å². The van der Waals surface area contributed by atoms with E-state index >= 15 is 0 Å². The number of carbonyl (C=O) groups is 2. The van der Waals surface area contributed by atoms with Gasteiger partial charge in [-0.25, -0.2) is 4.90 Å². The highest BCUT2D eigenvalue weighted by Crippen LogP contribution is 2.65. The van der Waals surface area contributed by atoms with E-state index in [0.29, 0.717) is 12.3 Å². The molecule has 172 valence electrons. The minimum atomic E-state index is -0.489. The number of hydrogen-bond donors (Lipinski definition) is 0. The van der Waals surface area contributed by atoms with Crippen LogP contribution in [0.15, 0.2) is 72.8 Å². The van der Waals surface area contributed by atoms with Gasteiger partial charge in [0.05, 0.1) is 24.1 Å². The summed E-state index contributed by atoms with van der Waals surface area (Å²) < 4.78 is 5.79. The Bertz CT molecular complexity index is 1230. The van der Waals surface area contributed by atoms with Gasteiger partial charge in [0.2, 0.25) is 11.8 Å². The molecule has 2 atom stereocenters. The largest absolute Gasteiger partial charge is 0.494 e. The number of amides is 2. The van der Waals surface area contributed by atoms with Crippen molar-refractivity contribution < 1.29 is 14.3 Å². The summed E-state index contributed by atoms with van der Waals surface area (Å²) in [5.74, 6) is -0.257. The van der Waals surface area contributed by atoms with Crippen molar-refractivity contribution >= 4 is 17.5 Å². The molecule has 0 aromatic heterocycles. The molecule has 0 radical (unpaired) electrons. The van der Waals surface area contributed by atoms with Crippen LogP contribution in [0.25, 0.3) is 0 Å². The molecule has 2 bridgehead atoms. The van der Waals surface area contributed by atoms with E-state index in [1.807, 2.05) is 24.3 Å². The van der Waals surface area contributed by atoms with E-state index in [9.17, 15) is 9.59 Å². The quantitative estimate of drug-likeness (QED) is 0.350. The van der Waals surface area contributed by atoms with Crippen LogP contribution in [0, 0.1) is 11.8 Å². The van der Waals surface area contributed by atoms with Gasteiger partial charge in [-0.2, -0.15) is 0 Å². The molecule has 3 aliphatic carbocycles. The fourth-order valence-corrected chi connectivity index (χ4v) is 6.81. The maximum Gasteiger partial charge on any atom is 0.238 e. The number of anilines is 1. The Kier molecular flexibility index (Phi) is 4.87. The number of rotatable bonds is 6. The van der Waals surface area contributed by atoms with Gasteiger partial charge in [-0.3, -0.25) is 9.59 Å². The highest BCUT2D eigenvalue weighted by atomic mass is 16.5. The van der Waals surface area contributed by atoms with Crippen LogP contribution in [-0.4, -0.2) is 18.4 Å². The summed E-state index contributed by atoms with van der Waals surface area (Å²) in [5, 5.41) is 0. The van der Waals surface area contributed by atoms with Crippen LogP contribution >= 0.6 is 0 Å². The molecule has 0 N–H and O–H groups in total. The third kappa shape index (κ3) is 2.65. The van der Waals surface area contributed by atoms with Gasteiger partial charge in [0.15, 0.2) is 0 Å². The van der Waals surface area contributed by atoms with Crippen molar-refractivity contribution in [3.05, 3.63) is 95.1 Å². The van der Waals surface area contributed by atoms with Crippen LogP contribution in [-0.2, 0) is 15.0 Å². The van der Waals surface area contributed by atoms with Gasteiger partial charge in [-0.15, -0.1) is 0 Å². The molecule has 1 fully saturated rings. The third-order valence-electron chi connectivity index (χ3n) is 8.21. The smallest absolute Gasteiger partial charge is 0.238 e. The summed E-state index contributed by atoms with van der Waals surface area (Å²) >= 11 is 0. The van der Waals surface area contributed by atoms with Crippen LogP contribution in [0.4, 0.5) is 5.69 Å². The van der Waals surface area contributed by atoms with E-state index in [-0.39, 0.29) is 29.6 Å². The number of hydrogen-bond acceptors (Lipinski definition) is 3. The summed E-state index contributed by atoms with van der Waals surface area (Å²) in [4.78, 5) is 29.5. The maximum absolute atomic E-state index is 14.1. The van der Waals surface area contributed by atoms with E-state index in [1.54, 1.807) is 0 Å². The lowest BCUT2D eigenvalue weighted by Crippen LogP contribution is -2.53. The molecule has 0 unspecified atom stereocenters. The molecule has 3 aromatic carbocycles. The summed E-state index contributed by atoms with van der Waals surface area (Å²) in [6, 6.07) is 24.3. The lowest BCUT2D eigenvalue weighted by atomic mass is 9.46. The lowest BCUT2D eigenvalue weighted by Gasteiger charge is -2.54. The van der Waals surface area contributed by atoms with Gasteiger partial charge in [0, 0.05) is 11.3 Å². The zero-order valence-corrected chi connectivity index (χ0v) is 19.7. The Hall–Kier alpha value is -3.40. The predicted octanol–water partition coefficient (Wildman–Crippen LogP) is 5.83. The molecular weight excluding hydrogens is 422 g/mol. The monoisotopic (exact) mass is 451 g/mol. The second kappa shape index (κ2) is 7.83. The van der Waals surface area contributed by atoms with E-state index in [0.717, 1.165) is 25.0 Å². The molecule has 4 aliphatic rings. The number of ether oxygens (including phenoxy) is 1. The van der Waals surface area contributed by atoms with Crippen LogP contribution in [0.2, 0.25) is 0 Å². The second-order valence-corrected chi connectivity index (χ2v) is 9.69. The normalized spacial score (nSPS) is 26.3. The fraction of sp³-hybridized carbons (Fsp3) is 0.333. The predicted molar refractivity (Wildman–Crippen MR) is 132 cm³/mol. The molecule has 0 saturated carbocycles. The molecule has 1 heterocycles. The average Bonchev–Trinajstić information content (AvgIpc) is 3.15. The minimum absolute atomic E-state index is 0.0782. The van der Waals surface area contributed by atoms with Gasteiger partial charge >= 0.3 is 0 Å². The first-order chi connectivity index (χ1) is 16.6. The van der Waals surface area contributed by atoms with Gasteiger partial charge in [0.25, 0.3) is 0 Å². The SMILES string of the molecule is CCCCOc1ccc(N2C(=O)[C@H]3C4c5ccccc5C(CC)(c5ccccc54)[C@H]3C2=O)cc1. The molecule has 4 nitrogen and oxygen atoms in total. The minimum Gasteiger partial charge on any atom is -0.494 e. The fourth-order valence-electron chi connectivity index (χ4n) is 6.81. The van der Waals surface area contributed by atoms with Gasteiger partial charge < -0.3 is 4.74 Å². The number of carbonyl (C=O) groups excluding carboxylic acids is 2. The summed E-state index contributed by atoms with van der Waals surface area (Å²) in [5.41, 5.74) is 4.97. The summed E-state index contributed by atoms with van der Waals surface area (Å²) in [7, 11) is 0.